The van der Waals surface area contributed by atoms with E-state index in [2.05, 4.69) is 12.2 Å². The zero-order valence-electron chi connectivity index (χ0n) is 10.4. The first-order valence-corrected chi connectivity index (χ1v) is 8.42. The predicted molar refractivity (Wildman–Crippen MR) is 74.7 cm³/mol. The highest BCUT2D eigenvalue weighted by Crippen LogP contribution is 2.22. The Morgan fingerprint density at radius 1 is 1.39 bits per heavy atom. The molecule has 0 aromatic heterocycles. The second kappa shape index (κ2) is 5.59. The second-order valence-corrected chi connectivity index (χ2v) is 7.44. The lowest BCUT2D eigenvalue weighted by molar-refractivity contribution is 0.450. The van der Waals surface area contributed by atoms with Gasteiger partial charge in [0.15, 0.2) is 9.84 Å². The topological polar surface area (TPSA) is 46.2 Å². The van der Waals surface area contributed by atoms with Gasteiger partial charge in [0.1, 0.15) is 0 Å². The van der Waals surface area contributed by atoms with Gasteiger partial charge in [0.25, 0.3) is 0 Å². The number of halogens is 1. The Bertz CT molecular complexity index is 498. The van der Waals surface area contributed by atoms with Crippen LogP contribution in [0.1, 0.15) is 31.4 Å². The van der Waals surface area contributed by atoms with E-state index < -0.39 is 9.84 Å². The Labute approximate surface area is 113 Å². The zero-order chi connectivity index (χ0) is 13.2. The van der Waals surface area contributed by atoms with E-state index in [-0.39, 0.29) is 17.8 Å². The van der Waals surface area contributed by atoms with E-state index in [4.69, 9.17) is 11.6 Å². The molecule has 1 N–H and O–H groups in total. The van der Waals surface area contributed by atoms with Crippen LogP contribution in [0.2, 0.25) is 5.02 Å². The number of hydrogen-bond acceptors (Lipinski definition) is 3. The number of hydrogen-bond donors (Lipinski definition) is 1. The molecule has 100 valence electrons. The minimum Gasteiger partial charge on any atom is -0.306 e. The van der Waals surface area contributed by atoms with Gasteiger partial charge in [-0.15, -0.1) is 0 Å². The Kier molecular flexibility index (Phi) is 4.30. The lowest BCUT2D eigenvalue weighted by Crippen LogP contribution is -2.33. The van der Waals surface area contributed by atoms with Crippen molar-refractivity contribution < 1.29 is 8.42 Å². The molecule has 1 fully saturated rings. The van der Waals surface area contributed by atoms with Gasteiger partial charge in [-0.3, -0.25) is 0 Å². The van der Waals surface area contributed by atoms with Gasteiger partial charge in [-0.25, -0.2) is 8.42 Å². The zero-order valence-corrected chi connectivity index (χ0v) is 12.0. The van der Waals surface area contributed by atoms with Crippen LogP contribution in [0.4, 0.5) is 0 Å². The van der Waals surface area contributed by atoms with Crippen molar-refractivity contribution >= 4 is 21.4 Å². The summed E-state index contributed by atoms with van der Waals surface area (Å²) < 4.78 is 22.9. The van der Waals surface area contributed by atoms with E-state index in [1.54, 1.807) is 0 Å². The van der Waals surface area contributed by atoms with Crippen LogP contribution < -0.4 is 5.32 Å². The summed E-state index contributed by atoms with van der Waals surface area (Å²) in [5.74, 6) is 0.568. The second-order valence-electron chi connectivity index (χ2n) is 4.78. The van der Waals surface area contributed by atoms with Crippen molar-refractivity contribution in [3.05, 3.63) is 34.9 Å². The molecule has 5 heteroatoms. The fourth-order valence-corrected chi connectivity index (χ4v) is 4.17. The van der Waals surface area contributed by atoms with Crippen molar-refractivity contribution in [3.63, 3.8) is 0 Å². The minimum atomic E-state index is -2.82. The van der Waals surface area contributed by atoms with Crippen molar-refractivity contribution in [1.29, 1.82) is 0 Å². The van der Waals surface area contributed by atoms with Gasteiger partial charge in [0, 0.05) is 17.1 Å². The van der Waals surface area contributed by atoms with E-state index in [1.165, 1.54) is 0 Å². The normalized spacial score (nSPS) is 24.0. The van der Waals surface area contributed by atoms with Crippen LogP contribution in [-0.4, -0.2) is 26.0 Å². The van der Waals surface area contributed by atoms with Crippen LogP contribution in [0.3, 0.4) is 0 Å². The third kappa shape index (κ3) is 3.46. The molecule has 2 unspecified atom stereocenters. The molecule has 1 aliphatic rings. The number of benzene rings is 1. The van der Waals surface area contributed by atoms with Gasteiger partial charge < -0.3 is 5.32 Å². The van der Waals surface area contributed by atoms with Gasteiger partial charge in [-0.05, 0) is 30.5 Å². The van der Waals surface area contributed by atoms with Crippen LogP contribution in [0.25, 0.3) is 0 Å². The molecule has 0 bridgehead atoms. The van der Waals surface area contributed by atoms with Crippen molar-refractivity contribution in [2.75, 3.05) is 11.5 Å². The highest BCUT2D eigenvalue weighted by Gasteiger charge is 2.29. The molecule has 2 atom stereocenters. The van der Waals surface area contributed by atoms with E-state index in [9.17, 15) is 8.42 Å². The summed E-state index contributed by atoms with van der Waals surface area (Å²) in [6, 6.07) is 8.00. The maximum Gasteiger partial charge on any atom is 0.151 e. The largest absolute Gasteiger partial charge is 0.306 e. The van der Waals surface area contributed by atoms with Crippen molar-refractivity contribution in [3.8, 4) is 0 Å². The first kappa shape index (κ1) is 13.8. The van der Waals surface area contributed by atoms with Crippen LogP contribution in [0, 0.1) is 0 Å². The first-order chi connectivity index (χ1) is 8.50. The molecular weight excluding hydrogens is 270 g/mol. The highest BCUT2D eigenvalue weighted by molar-refractivity contribution is 7.91. The average Bonchev–Trinajstić information content (AvgIpc) is 2.67. The Morgan fingerprint density at radius 3 is 2.56 bits per heavy atom. The smallest absolute Gasteiger partial charge is 0.151 e. The van der Waals surface area contributed by atoms with Crippen molar-refractivity contribution in [2.45, 2.75) is 31.8 Å². The molecule has 1 aromatic carbocycles. The average molecular weight is 288 g/mol. The lowest BCUT2D eigenvalue weighted by atomic mass is 10.0. The molecule has 1 aromatic rings. The molecule has 0 radical (unpaired) electrons. The number of rotatable bonds is 4. The van der Waals surface area contributed by atoms with Crippen molar-refractivity contribution in [2.24, 2.45) is 0 Å². The van der Waals surface area contributed by atoms with E-state index in [0.717, 1.165) is 17.0 Å². The molecule has 3 nitrogen and oxygen atoms in total. The third-order valence-electron chi connectivity index (χ3n) is 3.35. The SMILES string of the molecule is CCC(NC1CCS(=O)(=O)C1)c1ccc(Cl)cc1. The number of nitrogens with one attached hydrogen (secondary N) is 1. The van der Waals surface area contributed by atoms with Gasteiger partial charge in [0.05, 0.1) is 11.5 Å². The standard InChI is InChI=1S/C13H18ClNO2S/c1-2-13(10-3-5-11(14)6-4-10)15-12-7-8-18(16,17)9-12/h3-6,12-13,15H,2,7-9H2,1H3. The Hall–Kier alpha value is -0.580. The number of sulfone groups is 1. The summed E-state index contributed by atoms with van der Waals surface area (Å²) in [6.07, 6.45) is 1.64. The third-order valence-corrected chi connectivity index (χ3v) is 5.37. The van der Waals surface area contributed by atoms with Crippen LogP contribution in [-0.2, 0) is 9.84 Å². The van der Waals surface area contributed by atoms with Gasteiger partial charge in [0.2, 0.25) is 0 Å². The summed E-state index contributed by atoms with van der Waals surface area (Å²) in [5, 5.41) is 4.15. The molecule has 1 aliphatic heterocycles. The summed E-state index contributed by atoms with van der Waals surface area (Å²) in [5.41, 5.74) is 1.16. The molecule has 2 rings (SSSR count). The predicted octanol–water partition coefficient (Wildman–Crippen LogP) is 2.57. The quantitative estimate of drug-likeness (QED) is 0.926. The van der Waals surface area contributed by atoms with Gasteiger partial charge in [-0.1, -0.05) is 30.7 Å². The monoisotopic (exact) mass is 287 g/mol. The first-order valence-electron chi connectivity index (χ1n) is 6.22. The molecule has 18 heavy (non-hydrogen) atoms. The molecular formula is C13H18ClNO2S. The van der Waals surface area contributed by atoms with E-state index in [0.29, 0.717) is 12.2 Å². The molecule has 1 saturated heterocycles. The van der Waals surface area contributed by atoms with E-state index >= 15 is 0 Å². The maximum atomic E-state index is 11.4. The summed E-state index contributed by atoms with van der Waals surface area (Å²) in [7, 11) is -2.82. The fraction of sp³-hybridized carbons (Fsp3) is 0.538. The summed E-state index contributed by atoms with van der Waals surface area (Å²) in [6.45, 7) is 2.09. The molecule has 1 heterocycles. The van der Waals surface area contributed by atoms with Crippen LogP contribution in [0.15, 0.2) is 24.3 Å². The molecule has 0 amide bonds. The maximum absolute atomic E-state index is 11.4. The Balaban J connectivity index is 2.04. The van der Waals surface area contributed by atoms with Gasteiger partial charge in [-0.2, -0.15) is 0 Å². The van der Waals surface area contributed by atoms with E-state index in [1.807, 2.05) is 24.3 Å². The minimum absolute atomic E-state index is 0.0793. The molecule has 0 aliphatic carbocycles. The lowest BCUT2D eigenvalue weighted by Gasteiger charge is -2.21. The van der Waals surface area contributed by atoms with Crippen molar-refractivity contribution in [1.82, 2.24) is 5.32 Å². The summed E-state index contributed by atoms with van der Waals surface area (Å²) >= 11 is 5.87. The summed E-state index contributed by atoms with van der Waals surface area (Å²) in [4.78, 5) is 0. The Morgan fingerprint density at radius 2 is 2.06 bits per heavy atom. The van der Waals surface area contributed by atoms with Crippen LogP contribution >= 0.6 is 11.6 Å². The molecule has 0 spiro atoms. The fourth-order valence-electron chi connectivity index (χ4n) is 2.36. The highest BCUT2D eigenvalue weighted by atomic mass is 35.5. The van der Waals surface area contributed by atoms with Gasteiger partial charge >= 0.3 is 0 Å². The van der Waals surface area contributed by atoms with Crippen LogP contribution in [0.5, 0.6) is 0 Å². The molecule has 0 saturated carbocycles.